The summed E-state index contributed by atoms with van der Waals surface area (Å²) in [6, 6.07) is 6.06. The Kier molecular flexibility index (Phi) is 3.61. The molecule has 0 saturated heterocycles. The largest absolute Gasteiger partial charge is 0.391 e. The van der Waals surface area contributed by atoms with E-state index in [1.165, 1.54) is 44.2 Å². The third-order valence-electron chi connectivity index (χ3n) is 6.42. The van der Waals surface area contributed by atoms with Crippen molar-refractivity contribution in [3.05, 3.63) is 47.5 Å². The monoisotopic (exact) mass is 336 g/mol. The molecule has 4 aliphatic rings. The summed E-state index contributed by atoms with van der Waals surface area (Å²) in [5, 5.41) is 11.8. The van der Waals surface area contributed by atoms with Crippen molar-refractivity contribution < 1.29 is 4.84 Å². The predicted octanol–water partition coefficient (Wildman–Crippen LogP) is 3.82. The van der Waals surface area contributed by atoms with Crippen molar-refractivity contribution >= 4 is 6.21 Å². The molecule has 6 rings (SSSR count). The Labute approximate surface area is 147 Å². The zero-order chi connectivity index (χ0) is 16.7. The number of hydrogen-bond donors (Lipinski definition) is 1. The minimum atomic E-state index is 0.352. The highest BCUT2D eigenvalue weighted by atomic mass is 16.6. The third kappa shape index (κ3) is 2.86. The molecule has 25 heavy (non-hydrogen) atoms. The van der Waals surface area contributed by atoms with Crippen LogP contribution in [-0.2, 0) is 16.9 Å². The second-order valence-electron chi connectivity index (χ2n) is 8.27. The van der Waals surface area contributed by atoms with Crippen LogP contribution in [-0.4, -0.2) is 21.4 Å². The highest BCUT2D eigenvalue weighted by Gasteiger charge is 2.52. The summed E-state index contributed by atoms with van der Waals surface area (Å²) in [6.45, 7) is 0.427. The number of aromatic nitrogens is 3. The Hall–Kier alpha value is -2.17. The molecule has 2 aromatic rings. The molecule has 0 unspecified atom stereocenters. The van der Waals surface area contributed by atoms with Gasteiger partial charge in [-0.05, 0) is 68.4 Å². The van der Waals surface area contributed by atoms with E-state index in [0.717, 1.165) is 29.0 Å². The first-order valence-corrected chi connectivity index (χ1v) is 9.39. The quantitative estimate of drug-likeness (QED) is 0.667. The van der Waals surface area contributed by atoms with Gasteiger partial charge in [0.15, 0.2) is 0 Å². The van der Waals surface area contributed by atoms with Crippen molar-refractivity contribution in [3.8, 4) is 0 Å². The Morgan fingerprint density at radius 3 is 2.64 bits per heavy atom. The summed E-state index contributed by atoms with van der Waals surface area (Å²) in [5.74, 6) is 2.82. The lowest BCUT2D eigenvalue weighted by molar-refractivity contribution is -0.00721. The fraction of sp³-hybridized carbons (Fsp3) is 0.550. The average molecular weight is 336 g/mol. The molecule has 4 fully saturated rings. The molecular formula is C20H24N4O. The Bertz CT molecular complexity index is 732. The summed E-state index contributed by atoms with van der Waals surface area (Å²) >= 11 is 0. The van der Waals surface area contributed by atoms with Crippen LogP contribution < -0.4 is 0 Å². The predicted molar refractivity (Wildman–Crippen MR) is 95.1 cm³/mol. The summed E-state index contributed by atoms with van der Waals surface area (Å²) < 4.78 is 0. The van der Waals surface area contributed by atoms with Crippen LogP contribution in [0.4, 0.5) is 0 Å². The molecule has 4 bridgehead atoms. The van der Waals surface area contributed by atoms with Gasteiger partial charge in [0, 0.05) is 29.1 Å². The van der Waals surface area contributed by atoms with Gasteiger partial charge in [0.2, 0.25) is 0 Å². The minimum Gasteiger partial charge on any atom is -0.391 e. The molecule has 0 radical (unpaired) electrons. The first kappa shape index (κ1) is 15.1. The normalized spacial score (nSPS) is 33.2. The molecule has 5 nitrogen and oxygen atoms in total. The second-order valence-corrected chi connectivity index (χ2v) is 8.27. The number of oxime groups is 1. The maximum Gasteiger partial charge on any atom is 0.143 e. The summed E-state index contributed by atoms with van der Waals surface area (Å²) in [6.07, 6.45) is 13.7. The molecule has 0 aliphatic heterocycles. The zero-order valence-corrected chi connectivity index (χ0v) is 14.4. The van der Waals surface area contributed by atoms with E-state index in [1.54, 1.807) is 18.6 Å². The van der Waals surface area contributed by atoms with Gasteiger partial charge in [0.25, 0.3) is 0 Å². The zero-order valence-electron chi connectivity index (χ0n) is 14.4. The van der Waals surface area contributed by atoms with Gasteiger partial charge in [-0.25, -0.2) is 0 Å². The Morgan fingerprint density at radius 1 is 1.20 bits per heavy atom. The van der Waals surface area contributed by atoms with Gasteiger partial charge in [-0.1, -0.05) is 11.2 Å². The molecule has 4 aliphatic carbocycles. The number of aromatic amines is 1. The van der Waals surface area contributed by atoms with Crippen LogP contribution in [0.5, 0.6) is 0 Å². The average Bonchev–Trinajstić information content (AvgIpc) is 3.08. The maximum atomic E-state index is 5.36. The molecule has 0 atom stereocenters. The van der Waals surface area contributed by atoms with E-state index in [2.05, 4.69) is 26.4 Å². The third-order valence-corrected chi connectivity index (χ3v) is 6.42. The number of pyridine rings is 1. The van der Waals surface area contributed by atoms with Gasteiger partial charge in [-0.15, -0.1) is 0 Å². The molecule has 130 valence electrons. The molecule has 0 aromatic carbocycles. The van der Waals surface area contributed by atoms with Crippen LogP contribution in [0, 0.1) is 17.8 Å². The van der Waals surface area contributed by atoms with Crippen LogP contribution in [0.1, 0.15) is 55.5 Å². The molecule has 0 spiro atoms. The van der Waals surface area contributed by atoms with Crippen molar-refractivity contribution in [1.82, 2.24) is 15.2 Å². The fourth-order valence-corrected chi connectivity index (χ4v) is 5.80. The number of nitrogens with zero attached hydrogens (tertiary/aromatic N) is 3. The van der Waals surface area contributed by atoms with Crippen LogP contribution in [0.25, 0.3) is 0 Å². The molecule has 5 heteroatoms. The van der Waals surface area contributed by atoms with Gasteiger partial charge in [-0.2, -0.15) is 5.10 Å². The smallest absolute Gasteiger partial charge is 0.143 e. The second kappa shape index (κ2) is 5.97. The standard InChI is InChI=1S/C20H24N4O/c1-2-14(11-21-3-1)13-25-22-12-18-7-19(24-23-18)20-8-15-4-16(9-20)6-17(5-15)10-20/h1-3,7,11-12,15-17H,4-6,8-10,13H2,(H,23,24)/b22-12+. The highest BCUT2D eigenvalue weighted by Crippen LogP contribution is 2.60. The van der Waals surface area contributed by atoms with Crippen LogP contribution >= 0.6 is 0 Å². The van der Waals surface area contributed by atoms with Gasteiger partial charge in [0.05, 0.1) is 6.21 Å². The van der Waals surface area contributed by atoms with Crippen molar-refractivity contribution in [1.29, 1.82) is 0 Å². The molecule has 1 N–H and O–H groups in total. The van der Waals surface area contributed by atoms with Gasteiger partial charge >= 0.3 is 0 Å². The van der Waals surface area contributed by atoms with E-state index in [4.69, 9.17) is 4.84 Å². The fourth-order valence-electron chi connectivity index (χ4n) is 5.80. The number of H-pyrrole nitrogens is 1. The van der Waals surface area contributed by atoms with E-state index >= 15 is 0 Å². The Balaban J connectivity index is 1.25. The number of nitrogens with one attached hydrogen (secondary N) is 1. The molecular weight excluding hydrogens is 312 g/mol. The SMILES string of the molecule is C(=N\OCc1cccnc1)/c1cc(C23CC4CC(CC(C4)C2)C3)[nH]n1. The van der Waals surface area contributed by atoms with Crippen molar-refractivity contribution in [3.63, 3.8) is 0 Å². The Morgan fingerprint density at radius 2 is 1.96 bits per heavy atom. The first-order chi connectivity index (χ1) is 12.3. The van der Waals surface area contributed by atoms with Gasteiger partial charge in [-0.3, -0.25) is 10.1 Å². The van der Waals surface area contributed by atoms with Gasteiger partial charge in [0.1, 0.15) is 12.3 Å². The van der Waals surface area contributed by atoms with E-state index < -0.39 is 0 Å². The number of rotatable bonds is 5. The molecule has 2 heterocycles. The van der Waals surface area contributed by atoms with Crippen molar-refractivity contribution in [2.75, 3.05) is 0 Å². The number of hydrogen-bond acceptors (Lipinski definition) is 4. The maximum absolute atomic E-state index is 5.36. The van der Waals surface area contributed by atoms with Crippen LogP contribution in [0.3, 0.4) is 0 Å². The summed E-state index contributed by atoms with van der Waals surface area (Å²) in [4.78, 5) is 9.42. The lowest BCUT2D eigenvalue weighted by Gasteiger charge is -2.56. The van der Waals surface area contributed by atoms with Crippen LogP contribution in [0.15, 0.2) is 35.7 Å². The molecule has 4 saturated carbocycles. The lowest BCUT2D eigenvalue weighted by atomic mass is 9.49. The minimum absolute atomic E-state index is 0.352. The van der Waals surface area contributed by atoms with Crippen LogP contribution in [0.2, 0.25) is 0 Å². The highest BCUT2D eigenvalue weighted by molar-refractivity contribution is 5.76. The summed E-state index contributed by atoms with van der Waals surface area (Å²) in [5.41, 5.74) is 3.54. The summed E-state index contributed by atoms with van der Waals surface area (Å²) in [7, 11) is 0. The van der Waals surface area contributed by atoms with E-state index in [0.29, 0.717) is 12.0 Å². The van der Waals surface area contributed by atoms with Gasteiger partial charge < -0.3 is 4.84 Å². The van der Waals surface area contributed by atoms with Crippen molar-refractivity contribution in [2.45, 2.75) is 50.5 Å². The molecule has 2 aromatic heterocycles. The topological polar surface area (TPSA) is 63.2 Å². The molecule has 0 amide bonds. The van der Waals surface area contributed by atoms with Crippen molar-refractivity contribution in [2.24, 2.45) is 22.9 Å². The lowest BCUT2D eigenvalue weighted by Crippen LogP contribution is -2.48. The van der Waals surface area contributed by atoms with E-state index in [9.17, 15) is 0 Å². The van der Waals surface area contributed by atoms with E-state index in [1.807, 2.05) is 12.1 Å². The van der Waals surface area contributed by atoms with E-state index in [-0.39, 0.29) is 0 Å². The first-order valence-electron chi connectivity index (χ1n) is 9.39.